The Morgan fingerprint density at radius 3 is 2.57 bits per heavy atom. The number of nitrogens with one attached hydrogen (secondary N) is 1. The van der Waals surface area contributed by atoms with Gasteiger partial charge in [0.05, 0.1) is 0 Å². The van der Waals surface area contributed by atoms with Gasteiger partial charge in [0.1, 0.15) is 0 Å². The van der Waals surface area contributed by atoms with Crippen LogP contribution in [0.1, 0.15) is 18.9 Å². The number of nitrogens with two attached hydrogens (primary N) is 1. The molecule has 0 heterocycles. The van der Waals surface area contributed by atoms with E-state index in [0.717, 1.165) is 26.1 Å². The Morgan fingerprint density at radius 1 is 1.29 bits per heavy atom. The van der Waals surface area contributed by atoms with Crippen molar-refractivity contribution < 1.29 is 0 Å². The van der Waals surface area contributed by atoms with Crippen molar-refractivity contribution >= 4 is 0 Å². The van der Waals surface area contributed by atoms with Crippen molar-refractivity contribution in [1.29, 1.82) is 0 Å². The smallest absolute Gasteiger partial charge is 0.0205 e. The number of benzene rings is 1. The fourth-order valence-corrected chi connectivity index (χ4v) is 1.41. The van der Waals surface area contributed by atoms with Gasteiger partial charge in [0, 0.05) is 6.54 Å². The highest BCUT2D eigenvalue weighted by Crippen LogP contribution is 2.00. The van der Waals surface area contributed by atoms with Crippen LogP contribution in [0.3, 0.4) is 0 Å². The summed E-state index contributed by atoms with van der Waals surface area (Å²) in [5.41, 5.74) is 6.96. The summed E-state index contributed by atoms with van der Waals surface area (Å²) in [4.78, 5) is 0. The summed E-state index contributed by atoms with van der Waals surface area (Å²) in [7, 11) is 0. The third kappa shape index (κ3) is 3.90. The van der Waals surface area contributed by atoms with Crippen LogP contribution in [0.15, 0.2) is 30.3 Å². The van der Waals surface area contributed by atoms with Gasteiger partial charge in [-0.15, -0.1) is 0 Å². The molecule has 0 amide bonds. The minimum Gasteiger partial charge on any atom is -0.330 e. The third-order valence-corrected chi connectivity index (χ3v) is 2.52. The first kappa shape index (κ1) is 11.2. The fourth-order valence-electron chi connectivity index (χ4n) is 1.41. The van der Waals surface area contributed by atoms with Crippen molar-refractivity contribution in [2.24, 2.45) is 11.7 Å². The molecule has 1 aromatic rings. The third-order valence-electron chi connectivity index (χ3n) is 2.52. The van der Waals surface area contributed by atoms with E-state index >= 15 is 0 Å². The van der Waals surface area contributed by atoms with Gasteiger partial charge in [0.2, 0.25) is 0 Å². The van der Waals surface area contributed by atoms with E-state index < -0.39 is 0 Å². The van der Waals surface area contributed by atoms with E-state index in [1.54, 1.807) is 0 Å². The molecule has 1 aromatic carbocycles. The van der Waals surface area contributed by atoms with Crippen LogP contribution < -0.4 is 11.1 Å². The number of hydrogen-bond acceptors (Lipinski definition) is 2. The minimum absolute atomic E-state index is 0.610. The van der Waals surface area contributed by atoms with E-state index in [1.807, 2.05) is 6.07 Å². The molecule has 0 saturated heterocycles. The molecule has 0 radical (unpaired) electrons. The normalized spacial score (nSPS) is 12.7. The lowest BCUT2D eigenvalue weighted by atomic mass is 10.1. The van der Waals surface area contributed by atoms with Crippen molar-refractivity contribution in [3.8, 4) is 0 Å². The topological polar surface area (TPSA) is 38.0 Å². The fraction of sp³-hybridized carbons (Fsp3) is 0.500. The van der Waals surface area contributed by atoms with Crippen LogP contribution in [0.5, 0.6) is 0 Å². The number of rotatable bonds is 6. The van der Waals surface area contributed by atoms with Crippen molar-refractivity contribution in [1.82, 2.24) is 5.32 Å². The van der Waals surface area contributed by atoms with Gasteiger partial charge in [0.25, 0.3) is 0 Å². The van der Waals surface area contributed by atoms with Crippen LogP contribution in [-0.2, 0) is 6.54 Å². The van der Waals surface area contributed by atoms with Gasteiger partial charge in [-0.05, 0) is 24.6 Å². The lowest BCUT2D eigenvalue weighted by Gasteiger charge is -2.12. The molecule has 0 aliphatic heterocycles. The monoisotopic (exact) mass is 192 g/mol. The van der Waals surface area contributed by atoms with E-state index in [0.29, 0.717) is 5.92 Å². The summed E-state index contributed by atoms with van der Waals surface area (Å²) >= 11 is 0. The van der Waals surface area contributed by atoms with Crippen LogP contribution in [-0.4, -0.2) is 13.1 Å². The van der Waals surface area contributed by atoms with Crippen LogP contribution >= 0.6 is 0 Å². The molecule has 2 heteroatoms. The molecule has 0 bridgehead atoms. The zero-order valence-corrected chi connectivity index (χ0v) is 8.87. The largest absolute Gasteiger partial charge is 0.330 e. The van der Waals surface area contributed by atoms with Crippen LogP contribution in [0.2, 0.25) is 0 Å². The molecular formula is C12H20N2. The molecule has 0 aromatic heterocycles. The van der Waals surface area contributed by atoms with Gasteiger partial charge >= 0.3 is 0 Å². The van der Waals surface area contributed by atoms with Gasteiger partial charge in [-0.1, -0.05) is 43.7 Å². The number of hydrogen-bond donors (Lipinski definition) is 2. The Morgan fingerprint density at radius 2 is 2.00 bits per heavy atom. The molecule has 1 atom stereocenters. The summed E-state index contributed by atoms with van der Waals surface area (Å²) in [6, 6.07) is 10.4. The maximum absolute atomic E-state index is 5.62. The molecule has 14 heavy (non-hydrogen) atoms. The van der Waals surface area contributed by atoms with Crippen molar-refractivity contribution in [2.75, 3.05) is 13.1 Å². The predicted molar refractivity (Wildman–Crippen MR) is 61.0 cm³/mol. The highest BCUT2D eigenvalue weighted by Gasteiger charge is 2.01. The SMILES string of the molecule is CCC(CN)CNCc1ccccc1. The molecule has 0 spiro atoms. The van der Waals surface area contributed by atoms with E-state index in [2.05, 4.69) is 36.5 Å². The van der Waals surface area contributed by atoms with Crippen molar-refractivity contribution in [3.05, 3.63) is 35.9 Å². The minimum atomic E-state index is 0.610. The maximum atomic E-state index is 5.62. The Balaban J connectivity index is 2.21. The lowest BCUT2D eigenvalue weighted by molar-refractivity contribution is 0.471. The summed E-state index contributed by atoms with van der Waals surface area (Å²) in [6.45, 7) is 4.92. The van der Waals surface area contributed by atoms with Gasteiger partial charge < -0.3 is 11.1 Å². The lowest BCUT2D eigenvalue weighted by Crippen LogP contribution is -2.27. The Kier molecular flexibility index (Phi) is 5.27. The second-order valence-corrected chi connectivity index (χ2v) is 3.63. The van der Waals surface area contributed by atoms with Gasteiger partial charge in [-0.2, -0.15) is 0 Å². The quantitative estimate of drug-likeness (QED) is 0.721. The van der Waals surface area contributed by atoms with Gasteiger partial charge in [-0.3, -0.25) is 0 Å². The first-order chi connectivity index (χ1) is 6.86. The maximum Gasteiger partial charge on any atom is 0.0205 e. The van der Waals surface area contributed by atoms with Crippen LogP contribution in [0.4, 0.5) is 0 Å². The molecule has 2 nitrogen and oxygen atoms in total. The van der Waals surface area contributed by atoms with E-state index in [-0.39, 0.29) is 0 Å². The van der Waals surface area contributed by atoms with Gasteiger partial charge in [-0.25, -0.2) is 0 Å². The predicted octanol–water partition coefficient (Wildman–Crippen LogP) is 1.76. The first-order valence-corrected chi connectivity index (χ1v) is 5.31. The van der Waals surface area contributed by atoms with Gasteiger partial charge in [0.15, 0.2) is 0 Å². The summed E-state index contributed by atoms with van der Waals surface area (Å²) in [5.74, 6) is 0.610. The zero-order valence-electron chi connectivity index (χ0n) is 8.87. The summed E-state index contributed by atoms with van der Waals surface area (Å²) < 4.78 is 0. The summed E-state index contributed by atoms with van der Waals surface area (Å²) in [5, 5.41) is 3.42. The van der Waals surface area contributed by atoms with Crippen molar-refractivity contribution in [3.63, 3.8) is 0 Å². The summed E-state index contributed by atoms with van der Waals surface area (Å²) in [6.07, 6.45) is 1.15. The highest BCUT2D eigenvalue weighted by molar-refractivity contribution is 5.14. The molecule has 0 fully saturated rings. The average Bonchev–Trinajstić information content (AvgIpc) is 2.26. The Hall–Kier alpha value is -0.860. The molecule has 0 aliphatic rings. The zero-order chi connectivity index (χ0) is 10.2. The van der Waals surface area contributed by atoms with Crippen molar-refractivity contribution in [2.45, 2.75) is 19.9 Å². The van der Waals surface area contributed by atoms with E-state index in [1.165, 1.54) is 5.56 Å². The molecule has 0 saturated carbocycles. The van der Waals surface area contributed by atoms with E-state index in [9.17, 15) is 0 Å². The van der Waals surface area contributed by atoms with Crippen LogP contribution in [0.25, 0.3) is 0 Å². The second kappa shape index (κ2) is 6.57. The molecular weight excluding hydrogens is 172 g/mol. The molecule has 0 aliphatic carbocycles. The highest BCUT2D eigenvalue weighted by atomic mass is 14.9. The van der Waals surface area contributed by atoms with E-state index in [4.69, 9.17) is 5.73 Å². The van der Waals surface area contributed by atoms with Crippen LogP contribution in [0, 0.1) is 5.92 Å². The second-order valence-electron chi connectivity index (χ2n) is 3.63. The average molecular weight is 192 g/mol. The Labute approximate surface area is 86.5 Å². The first-order valence-electron chi connectivity index (χ1n) is 5.31. The molecule has 78 valence electrons. The molecule has 1 unspecified atom stereocenters. The molecule has 1 rings (SSSR count). The Bertz CT molecular complexity index is 229. The molecule has 3 N–H and O–H groups in total. The standard InChI is InChI=1S/C12H20N2/c1-2-11(8-13)9-14-10-12-6-4-3-5-7-12/h3-7,11,14H,2,8-10,13H2,1H3.